The molecule has 1 aromatic heterocycles. The number of amides is 1. The number of hydrogen-bond acceptors (Lipinski definition) is 6. The number of hydrazone groups is 1. The standard InChI is InChI=1S/C8H7N3O4S/c12-8-10(3-4-15-8)9-5-6-1-2-7(16-6)11(13)14/h1-2,5H,3-4H2/b9-5+. The highest BCUT2D eigenvalue weighted by atomic mass is 32.1. The van der Waals surface area contributed by atoms with E-state index in [1.165, 1.54) is 17.3 Å². The van der Waals surface area contributed by atoms with E-state index >= 15 is 0 Å². The molecule has 8 heteroatoms. The first-order valence-electron chi connectivity index (χ1n) is 4.39. The lowest BCUT2D eigenvalue weighted by molar-refractivity contribution is -0.380. The number of carbonyl (C=O) groups is 1. The molecular formula is C8H7N3O4S. The summed E-state index contributed by atoms with van der Waals surface area (Å²) >= 11 is 0.998. The van der Waals surface area contributed by atoms with Crippen molar-refractivity contribution in [1.29, 1.82) is 0 Å². The van der Waals surface area contributed by atoms with Crippen LogP contribution < -0.4 is 0 Å². The molecule has 0 unspecified atom stereocenters. The smallest absolute Gasteiger partial charge is 0.430 e. The zero-order valence-electron chi connectivity index (χ0n) is 8.03. The summed E-state index contributed by atoms with van der Waals surface area (Å²) in [6.45, 7) is 0.726. The second kappa shape index (κ2) is 4.27. The molecule has 1 aliphatic rings. The Balaban J connectivity index is 2.05. The van der Waals surface area contributed by atoms with Crippen LogP contribution in [0.4, 0.5) is 9.80 Å². The van der Waals surface area contributed by atoms with Crippen molar-refractivity contribution in [2.45, 2.75) is 0 Å². The van der Waals surface area contributed by atoms with Crippen molar-refractivity contribution < 1.29 is 14.5 Å². The Morgan fingerprint density at radius 2 is 2.44 bits per heavy atom. The van der Waals surface area contributed by atoms with Crippen molar-refractivity contribution in [2.75, 3.05) is 13.2 Å². The first-order valence-corrected chi connectivity index (χ1v) is 5.21. The zero-order valence-corrected chi connectivity index (χ0v) is 8.85. The molecule has 1 fully saturated rings. The normalized spacial score (nSPS) is 15.8. The Hall–Kier alpha value is -1.96. The van der Waals surface area contributed by atoms with E-state index in [1.54, 1.807) is 6.07 Å². The van der Waals surface area contributed by atoms with E-state index < -0.39 is 11.0 Å². The van der Waals surface area contributed by atoms with Gasteiger partial charge in [0.15, 0.2) is 0 Å². The maximum atomic E-state index is 11.0. The van der Waals surface area contributed by atoms with Gasteiger partial charge in [0.1, 0.15) is 6.61 Å². The quantitative estimate of drug-likeness (QED) is 0.455. The van der Waals surface area contributed by atoms with Gasteiger partial charge in [-0.3, -0.25) is 10.1 Å². The highest BCUT2D eigenvalue weighted by molar-refractivity contribution is 7.16. The molecule has 7 nitrogen and oxygen atoms in total. The zero-order chi connectivity index (χ0) is 11.5. The molecule has 0 bridgehead atoms. The van der Waals surface area contributed by atoms with Gasteiger partial charge in [-0.15, -0.1) is 0 Å². The molecule has 16 heavy (non-hydrogen) atoms. The summed E-state index contributed by atoms with van der Waals surface area (Å²) in [5.41, 5.74) is 0. The van der Waals surface area contributed by atoms with Crippen molar-refractivity contribution >= 4 is 28.6 Å². The lowest BCUT2D eigenvalue weighted by Crippen LogP contribution is -2.17. The van der Waals surface area contributed by atoms with Gasteiger partial charge in [-0.1, -0.05) is 11.3 Å². The van der Waals surface area contributed by atoms with Gasteiger partial charge in [-0.05, 0) is 6.07 Å². The van der Waals surface area contributed by atoms with Crippen LogP contribution in [0.15, 0.2) is 17.2 Å². The number of nitro groups is 1. The third-order valence-electron chi connectivity index (χ3n) is 1.86. The van der Waals surface area contributed by atoms with Gasteiger partial charge in [-0.25, -0.2) is 4.79 Å². The minimum atomic E-state index is -0.498. The number of thiophene rings is 1. The average Bonchev–Trinajstić information content (AvgIpc) is 2.83. The van der Waals surface area contributed by atoms with Crippen LogP contribution in [-0.4, -0.2) is 35.4 Å². The summed E-state index contributed by atoms with van der Waals surface area (Å²) in [6, 6.07) is 2.97. The fourth-order valence-electron chi connectivity index (χ4n) is 1.13. The van der Waals surface area contributed by atoms with Gasteiger partial charge in [-0.2, -0.15) is 10.1 Å². The summed E-state index contributed by atoms with van der Waals surface area (Å²) in [4.78, 5) is 21.6. The van der Waals surface area contributed by atoms with Gasteiger partial charge in [0, 0.05) is 6.07 Å². The third kappa shape index (κ3) is 2.16. The third-order valence-corrected chi connectivity index (χ3v) is 2.83. The van der Waals surface area contributed by atoms with Gasteiger partial charge in [0.2, 0.25) is 0 Å². The van der Waals surface area contributed by atoms with Crippen molar-refractivity contribution in [3.8, 4) is 0 Å². The lowest BCUT2D eigenvalue weighted by atomic mass is 10.5. The largest absolute Gasteiger partial charge is 0.446 e. The summed E-state index contributed by atoms with van der Waals surface area (Å²) < 4.78 is 4.67. The topological polar surface area (TPSA) is 85.0 Å². The van der Waals surface area contributed by atoms with E-state index in [0.717, 1.165) is 11.3 Å². The molecule has 1 saturated heterocycles. The Morgan fingerprint density at radius 3 is 3.00 bits per heavy atom. The predicted molar refractivity (Wildman–Crippen MR) is 56.6 cm³/mol. The van der Waals surface area contributed by atoms with E-state index in [0.29, 0.717) is 18.0 Å². The Bertz CT molecular complexity index is 456. The monoisotopic (exact) mass is 241 g/mol. The van der Waals surface area contributed by atoms with Crippen LogP contribution in [-0.2, 0) is 4.74 Å². The number of hydrogen-bond donors (Lipinski definition) is 0. The minimum absolute atomic E-state index is 0.0467. The Kier molecular flexibility index (Phi) is 2.82. The molecule has 1 aromatic rings. The van der Waals surface area contributed by atoms with E-state index in [-0.39, 0.29) is 5.00 Å². The predicted octanol–water partition coefficient (Wildman–Crippen LogP) is 1.44. The molecule has 1 aliphatic heterocycles. The number of ether oxygens (including phenoxy) is 1. The molecule has 0 aliphatic carbocycles. The van der Waals surface area contributed by atoms with Crippen LogP contribution in [0, 0.1) is 10.1 Å². The van der Waals surface area contributed by atoms with Crippen molar-refractivity contribution in [3.63, 3.8) is 0 Å². The molecule has 2 heterocycles. The molecule has 0 spiro atoms. The molecule has 0 N–H and O–H groups in total. The van der Waals surface area contributed by atoms with Crippen LogP contribution in [0.25, 0.3) is 0 Å². The SMILES string of the molecule is O=C1OCCN1/N=C/c1ccc([N+](=O)[O-])s1. The van der Waals surface area contributed by atoms with E-state index in [2.05, 4.69) is 9.84 Å². The van der Waals surface area contributed by atoms with E-state index in [4.69, 9.17) is 0 Å². The number of rotatable bonds is 3. The summed E-state index contributed by atoms with van der Waals surface area (Å²) in [7, 11) is 0. The molecule has 0 saturated carbocycles. The first-order chi connectivity index (χ1) is 7.66. The molecule has 0 atom stereocenters. The molecule has 2 rings (SSSR count). The van der Waals surface area contributed by atoms with E-state index in [9.17, 15) is 14.9 Å². The summed E-state index contributed by atoms with van der Waals surface area (Å²) in [6.07, 6.45) is 0.909. The molecule has 84 valence electrons. The molecule has 0 aromatic carbocycles. The minimum Gasteiger partial charge on any atom is -0.446 e. The maximum Gasteiger partial charge on any atom is 0.430 e. The van der Waals surface area contributed by atoms with Gasteiger partial charge >= 0.3 is 11.1 Å². The first kappa shape index (κ1) is 10.6. The highest BCUT2D eigenvalue weighted by Crippen LogP contribution is 2.22. The molecule has 0 radical (unpaired) electrons. The van der Waals surface area contributed by atoms with Crippen LogP contribution in [0.2, 0.25) is 0 Å². The average molecular weight is 241 g/mol. The van der Waals surface area contributed by atoms with Gasteiger partial charge in [0.05, 0.1) is 22.6 Å². The number of carbonyl (C=O) groups excluding carboxylic acids is 1. The van der Waals surface area contributed by atoms with Gasteiger partial charge < -0.3 is 4.74 Å². The van der Waals surface area contributed by atoms with Crippen molar-refractivity contribution in [1.82, 2.24) is 5.01 Å². The van der Waals surface area contributed by atoms with Crippen LogP contribution >= 0.6 is 11.3 Å². The van der Waals surface area contributed by atoms with Gasteiger partial charge in [0.25, 0.3) is 0 Å². The highest BCUT2D eigenvalue weighted by Gasteiger charge is 2.20. The van der Waals surface area contributed by atoms with Crippen LogP contribution in [0.5, 0.6) is 0 Å². The molecule has 1 amide bonds. The fraction of sp³-hybridized carbons (Fsp3) is 0.250. The maximum absolute atomic E-state index is 11.0. The lowest BCUT2D eigenvalue weighted by Gasteiger charge is -2.01. The van der Waals surface area contributed by atoms with Crippen LogP contribution in [0.3, 0.4) is 0 Å². The second-order valence-electron chi connectivity index (χ2n) is 2.92. The number of cyclic esters (lactones) is 1. The van der Waals surface area contributed by atoms with E-state index in [1.807, 2.05) is 0 Å². The Labute approximate surface area is 94.1 Å². The number of nitrogens with zero attached hydrogens (tertiary/aromatic N) is 3. The molecular weight excluding hydrogens is 234 g/mol. The van der Waals surface area contributed by atoms with Crippen molar-refractivity contribution in [3.05, 3.63) is 27.1 Å². The Morgan fingerprint density at radius 1 is 1.62 bits per heavy atom. The van der Waals surface area contributed by atoms with Crippen LogP contribution in [0.1, 0.15) is 4.88 Å². The summed E-state index contributed by atoms with van der Waals surface area (Å²) in [5.74, 6) is 0. The fourth-order valence-corrected chi connectivity index (χ4v) is 1.81. The second-order valence-corrected chi connectivity index (χ2v) is 4.01. The van der Waals surface area contributed by atoms with Crippen molar-refractivity contribution in [2.24, 2.45) is 5.10 Å². The summed E-state index contributed by atoms with van der Waals surface area (Å²) in [5, 5.41) is 15.5.